The summed E-state index contributed by atoms with van der Waals surface area (Å²) in [6, 6.07) is 9.56. The van der Waals surface area contributed by atoms with Crippen LogP contribution in [0.2, 0.25) is 0 Å². The molecule has 4 rings (SSSR count). The second-order valence-corrected chi connectivity index (χ2v) is 8.44. The predicted octanol–water partition coefficient (Wildman–Crippen LogP) is 5.03. The zero-order chi connectivity index (χ0) is 20.5. The maximum Gasteiger partial charge on any atom is 0.341 e. The van der Waals surface area contributed by atoms with E-state index in [0.717, 1.165) is 28.8 Å². The molecule has 0 atom stereocenters. The van der Waals surface area contributed by atoms with Gasteiger partial charge in [0, 0.05) is 16.4 Å². The molecule has 29 heavy (non-hydrogen) atoms. The van der Waals surface area contributed by atoms with Crippen LogP contribution in [0, 0.1) is 26.7 Å². The van der Waals surface area contributed by atoms with Gasteiger partial charge in [-0.05, 0) is 51.3 Å². The van der Waals surface area contributed by atoms with E-state index in [0.29, 0.717) is 27.9 Å². The molecule has 150 valence electrons. The van der Waals surface area contributed by atoms with E-state index in [1.807, 2.05) is 44.2 Å². The number of esters is 1. The van der Waals surface area contributed by atoms with Gasteiger partial charge in [0.25, 0.3) is 0 Å². The van der Waals surface area contributed by atoms with E-state index >= 15 is 0 Å². The lowest BCUT2D eigenvalue weighted by Gasteiger charge is -2.07. The topological polar surface area (TPSA) is 81.4 Å². The van der Waals surface area contributed by atoms with Crippen LogP contribution in [0.3, 0.4) is 0 Å². The van der Waals surface area contributed by atoms with Gasteiger partial charge in [-0.25, -0.2) is 9.78 Å². The molecule has 1 saturated carbocycles. The van der Waals surface area contributed by atoms with Crippen molar-refractivity contribution in [2.45, 2.75) is 40.2 Å². The molecule has 1 aliphatic carbocycles. The molecular formula is C22H22N2O4S. The minimum Gasteiger partial charge on any atom is -0.455 e. The Morgan fingerprint density at radius 2 is 1.93 bits per heavy atom. The Morgan fingerprint density at radius 3 is 2.62 bits per heavy atom. The summed E-state index contributed by atoms with van der Waals surface area (Å²) in [6.07, 6.45) is 1.81. The molecule has 7 heteroatoms. The summed E-state index contributed by atoms with van der Waals surface area (Å²) < 4.78 is 11.2. The van der Waals surface area contributed by atoms with Crippen LogP contribution < -0.4 is 5.32 Å². The van der Waals surface area contributed by atoms with E-state index in [1.165, 1.54) is 11.3 Å². The molecule has 0 aliphatic heterocycles. The summed E-state index contributed by atoms with van der Waals surface area (Å²) in [7, 11) is 0. The first-order valence-electron chi connectivity index (χ1n) is 9.53. The maximum absolute atomic E-state index is 12.8. The van der Waals surface area contributed by atoms with Gasteiger partial charge in [0.1, 0.15) is 23.1 Å². The highest BCUT2D eigenvalue weighted by Crippen LogP contribution is 2.36. The summed E-state index contributed by atoms with van der Waals surface area (Å²) in [5, 5.41) is 3.45. The Kier molecular flexibility index (Phi) is 5.24. The number of hydrogen-bond acceptors (Lipinski definition) is 6. The molecule has 0 unspecified atom stereocenters. The van der Waals surface area contributed by atoms with Crippen LogP contribution in [0.5, 0.6) is 0 Å². The summed E-state index contributed by atoms with van der Waals surface area (Å²) in [4.78, 5) is 30.4. The number of anilines is 1. The molecule has 1 aromatic carbocycles. The first-order chi connectivity index (χ1) is 13.9. The van der Waals surface area contributed by atoms with E-state index in [2.05, 4.69) is 10.3 Å². The van der Waals surface area contributed by atoms with Crippen LogP contribution in [-0.2, 0) is 16.1 Å². The highest BCUT2D eigenvalue weighted by molar-refractivity contribution is 7.16. The minimum atomic E-state index is -0.471. The Balaban J connectivity index is 1.49. The van der Waals surface area contributed by atoms with Crippen LogP contribution in [0.15, 0.2) is 34.7 Å². The normalized spacial score (nSPS) is 13.3. The van der Waals surface area contributed by atoms with E-state index < -0.39 is 5.97 Å². The van der Waals surface area contributed by atoms with Gasteiger partial charge < -0.3 is 14.5 Å². The summed E-state index contributed by atoms with van der Waals surface area (Å²) in [5.74, 6) is 0.670. The Labute approximate surface area is 172 Å². The smallest absolute Gasteiger partial charge is 0.341 e. The summed E-state index contributed by atoms with van der Waals surface area (Å²) in [6.45, 7) is 5.59. The molecule has 3 aromatic rings. The third kappa shape index (κ3) is 4.10. The molecular weight excluding hydrogens is 388 g/mol. The number of hydrogen-bond donors (Lipinski definition) is 1. The van der Waals surface area contributed by atoms with Crippen molar-refractivity contribution in [3.8, 4) is 11.5 Å². The molecule has 1 aliphatic rings. The SMILES string of the molecule is Cc1oc(-c2ccccc2)nc1COC(=O)c1c(NC(=O)C2CC2)sc(C)c1C. The number of amides is 1. The molecule has 0 bridgehead atoms. The van der Waals surface area contributed by atoms with E-state index in [9.17, 15) is 9.59 Å². The molecule has 1 N–H and O–H groups in total. The number of ether oxygens (including phenoxy) is 1. The highest BCUT2D eigenvalue weighted by Gasteiger charge is 2.31. The number of aryl methyl sites for hydroxylation is 2. The van der Waals surface area contributed by atoms with Crippen LogP contribution in [0.25, 0.3) is 11.5 Å². The lowest BCUT2D eigenvalue weighted by molar-refractivity contribution is -0.117. The maximum atomic E-state index is 12.8. The van der Waals surface area contributed by atoms with Gasteiger partial charge in [-0.3, -0.25) is 4.79 Å². The largest absolute Gasteiger partial charge is 0.455 e. The average molecular weight is 410 g/mol. The van der Waals surface area contributed by atoms with Crippen molar-refractivity contribution in [2.24, 2.45) is 5.92 Å². The van der Waals surface area contributed by atoms with Crippen LogP contribution >= 0.6 is 11.3 Å². The summed E-state index contributed by atoms with van der Waals surface area (Å²) >= 11 is 1.40. The third-order valence-corrected chi connectivity index (χ3v) is 6.15. The van der Waals surface area contributed by atoms with Crippen molar-refractivity contribution in [3.05, 3.63) is 57.8 Å². The number of nitrogens with zero attached hydrogens (tertiary/aromatic N) is 1. The van der Waals surface area contributed by atoms with Crippen LogP contribution in [0.1, 0.15) is 45.1 Å². The van der Waals surface area contributed by atoms with E-state index in [4.69, 9.17) is 9.15 Å². The Hall–Kier alpha value is -2.93. The van der Waals surface area contributed by atoms with Crippen molar-refractivity contribution in [2.75, 3.05) is 5.32 Å². The van der Waals surface area contributed by atoms with Crippen molar-refractivity contribution >= 4 is 28.2 Å². The number of benzene rings is 1. The third-order valence-electron chi connectivity index (χ3n) is 5.03. The van der Waals surface area contributed by atoms with Crippen molar-refractivity contribution in [1.29, 1.82) is 0 Å². The van der Waals surface area contributed by atoms with Crippen molar-refractivity contribution in [1.82, 2.24) is 4.98 Å². The number of oxazole rings is 1. The van der Waals surface area contributed by atoms with Gasteiger partial charge in [-0.15, -0.1) is 11.3 Å². The van der Waals surface area contributed by atoms with Gasteiger partial charge in [0.15, 0.2) is 0 Å². The first-order valence-corrected chi connectivity index (χ1v) is 10.4. The second-order valence-electron chi connectivity index (χ2n) is 7.21. The Morgan fingerprint density at radius 1 is 1.21 bits per heavy atom. The fourth-order valence-corrected chi connectivity index (χ4v) is 4.04. The van der Waals surface area contributed by atoms with Gasteiger partial charge in [0.2, 0.25) is 11.8 Å². The molecule has 2 aromatic heterocycles. The number of aromatic nitrogens is 1. The Bertz CT molecular complexity index is 1060. The number of rotatable bonds is 6. The van der Waals surface area contributed by atoms with Crippen LogP contribution in [0.4, 0.5) is 5.00 Å². The van der Waals surface area contributed by atoms with Gasteiger partial charge in [-0.2, -0.15) is 0 Å². The van der Waals surface area contributed by atoms with Gasteiger partial charge >= 0.3 is 5.97 Å². The predicted molar refractivity (Wildman–Crippen MR) is 111 cm³/mol. The lowest BCUT2D eigenvalue weighted by atomic mass is 10.1. The minimum absolute atomic E-state index is 0.00530. The van der Waals surface area contributed by atoms with Crippen LogP contribution in [-0.4, -0.2) is 16.9 Å². The molecule has 0 saturated heterocycles. The van der Waals surface area contributed by atoms with Gasteiger partial charge in [0.05, 0.1) is 5.56 Å². The molecule has 1 fully saturated rings. The molecule has 6 nitrogen and oxygen atoms in total. The highest BCUT2D eigenvalue weighted by atomic mass is 32.1. The van der Waals surface area contributed by atoms with Crippen molar-refractivity contribution in [3.63, 3.8) is 0 Å². The average Bonchev–Trinajstić information content (AvgIpc) is 3.44. The number of thiophene rings is 1. The fourth-order valence-electron chi connectivity index (χ4n) is 2.99. The summed E-state index contributed by atoms with van der Waals surface area (Å²) in [5.41, 5.74) is 2.69. The molecule has 1 amide bonds. The van der Waals surface area contributed by atoms with Gasteiger partial charge in [-0.1, -0.05) is 18.2 Å². The molecule has 0 radical (unpaired) electrons. The molecule has 2 heterocycles. The molecule has 0 spiro atoms. The lowest BCUT2D eigenvalue weighted by Crippen LogP contribution is -2.16. The zero-order valence-corrected chi connectivity index (χ0v) is 17.4. The number of carbonyl (C=O) groups is 2. The van der Waals surface area contributed by atoms with Crippen molar-refractivity contribution < 1.29 is 18.7 Å². The van der Waals surface area contributed by atoms with E-state index in [1.54, 1.807) is 6.92 Å². The first kappa shape index (κ1) is 19.4. The second kappa shape index (κ2) is 7.83. The zero-order valence-electron chi connectivity index (χ0n) is 16.6. The fraction of sp³-hybridized carbons (Fsp3) is 0.318. The monoisotopic (exact) mass is 410 g/mol. The number of nitrogens with one attached hydrogen (secondary N) is 1. The van der Waals surface area contributed by atoms with E-state index in [-0.39, 0.29) is 18.4 Å². The number of carbonyl (C=O) groups excluding carboxylic acids is 2. The quantitative estimate of drug-likeness (QED) is 0.576. The standard InChI is InChI=1S/C22H22N2O4S/c1-12-14(3)29-21(24-19(25)15-9-10-15)18(12)22(26)27-11-17-13(2)28-20(23-17)16-7-5-4-6-8-16/h4-8,15H,9-11H2,1-3H3,(H,24,25).